The topological polar surface area (TPSA) is 117 Å². The van der Waals surface area contributed by atoms with Crippen LogP contribution in [0.25, 0.3) is 0 Å². The van der Waals surface area contributed by atoms with Crippen molar-refractivity contribution < 1.29 is 14.5 Å². The molecule has 0 aliphatic carbocycles. The molecule has 2 amide bonds. The largest absolute Gasteiger partial charge is 0.366 e. The molecule has 11 heteroatoms. The van der Waals surface area contributed by atoms with Crippen molar-refractivity contribution in [3.63, 3.8) is 0 Å². The first kappa shape index (κ1) is 24.3. The number of nitro benzene ring substituents is 1. The number of nitrogens with zero attached hydrogens (tertiary/aromatic N) is 2. The molecule has 1 fully saturated rings. The number of carbonyl (C=O) groups is 2. The van der Waals surface area contributed by atoms with Gasteiger partial charge in [-0.25, -0.2) is 0 Å². The van der Waals surface area contributed by atoms with Crippen molar-refractivity contribution >= 4 is 63.2 Å². The van der Waals surface area contributed by atoms with Crippen LogP contribution in [0.15, 0.2) is 60.0 Å². The Morgan fingerprint density at radius 1 is 0.943 bits per heavy atom. The van der Waals surface area contributed by atoms with Crippen LogP contribution in [0.4, 0.5) is 22.7 Å². The van der Waals surface area contributed by atoms with E-state index in [1.54, 1.807) is 42.5 Å². The number of amides is 2. The van der Waals surface area contributed by atoms with Crippen LogP contribution in [0.2, 0.25) is 0 Å². The van der Waals surface area contributed by atoms with Crippen molar-refractivity contribution in [1.82, 2.24) is 5.32 Å². The first-order chi connectivity index (χ1) is 16.9. The fraction of sp³-hybridized carbons (Fsp3) is 0.208. The summed E-state index contributed by atoms with van der Waals surface area (Å²) in [5, 5.41) is 21.8. The molecule has 0 saturated carbocycles. The van der Waals surface area contributed by atoms with Crippen molar-refractivity contribution in [2.24, 2.45) is 0 Å². The van der Waals surface area contributed by atoms with E-state index in [4.69, 9.17) is 12.2 Å². The first-order valence-corrected chi connectivity index (χ1v) is 12.3. The van der Waals surface area contributed by atoms with Gasteiger partial charge in [0, 0.05) is 36.1 Å². The third-order valence-electron chi connectivity index (χ3n) is 5.50. The maximum Gasteiger partial charge on any atom is 0.293 e. The Labute approximate surface area is 211 Å². The third kappa shape index (κ3) is 6.19. The Hall–Kier alpha value is -3.83. The average molecular weight is 510 g/mol. The van der Waals surface area contributed by atoms with Crippen molar-refractivity contribution in [3.05, 3.63) is 80.5 Å². The number of hydrogen-bond acceptors (Lipinski definition) is 7. The molecule has 1 saturated heterocycles. The molecule has 2 aromatic carbocycles. The van der Waals surface area contributed by atoms with Crippen molar-refractivity contribution in [2.45, 2.75) is 19.3 Å². The van der Waals surface area contributed by atoms with Gasteiger partial charge < -0.3 is 15.5 Å². The number of benzene rings is 2. The molecule has 3 N–H and O–H groups in total. The Morgan fingerprint density at radius 3 is 2.26 bits per heavy atom. The smallest absolute Gasteiger partial charge is 0.293 e. The molecule has 1 aliphatic rings. The van der Waals surface area contributed by atoms with Gasteiger partial charge in [-0.2, -0.15) is 0 Å². The van der Waals surface area contributed by atoms with E-state index in [1.165, 1.54) is 17.4 Å². The summed E-state index contributed by atoms with van der Waals surface area (Å²) in [4.78, 5) is 38.6. The van der Waals surface area contributed by atoms with E-state index >= 15 is 0 Å². The molecule has 9 nitrogen and oxygen atoms in total. The van der Waals surface area contributed by atoms with Crippen LogP contribution >= 0.6 is 23.6 Å². The van der Waals surface area contributed by atoms with Crippen LogP contribution in [0.5, 0.6) is 0 Å². The van der Waals surface area contributed by atoms with Gasteiger partial charge in [0.25, 0.3) is 17.5 Å². The van der Waals surface area contributed by atoms with E-state index in [0.717, 1.165) is 32.4 Å². The Bertz CT molecular complexity index is 1240. The van der Waals surface area contributed by atoms with Crippen LogP contribution in [0, 0.1) is 10.1 Å². The second-order valence-electron chi connectivity index (χ2n) is 7.93. The molecule has 0 bridgehead atoms. The summed E-state index contributed by atoms with van der Waals surface area (Å²) in [5.41, 5.74) is 1.80. The summed E-state index contributed by atoms with van der Waals surface area (Å²) in [6.07, 6.45) is 3.09. The highest BCUT2D eigenvalue weighted by molar-refractivity contribution is 7.80. The van der Waals surface area contributed by atoms with Crippen molar-refractivity contribution in [1.29, 1.82) is 0 Å². The van der Waals surface area contributed by atoms with E-state index in [0.29, 0.717) is 21.9 Å². The first-order valence-electron chi connectivity index (χ1n) is 11.0. The molecule has 3 aromatic rings. The zero-order chi connectivity index (χ0) is 24.8. The van der Waals surface area contributed by atoms with Crippen LogP contribution in [-0.2, 0) is 0 Å². The highest BCUT2D eigenvalue weighted by Crippen LogP contribution is 2.31. The molecular formula is C24H23N5O4S2. The van der Waals surface area contributed by atoms with E-state index < -0.39 is 10.8 Å². The molecule has 0 unspecified atom stereocenters. The summed E-state index contributed by atoms with van der Waals surface area (Å²) in [6, 6.07) is 14.9. The molecule has 1 aliphatic heterocycles. The number of rotatable bonds is 6. The van der Waals surface area contributed by atoms with E-state index in [1.807, 2.05) is 16.3 Å². The molecule has 2 heterocycles. The van der Waals surface area contributed by atoms with Crippen LogP contribution in [-0.4, -0.2) is 34.9 Å². The second kappa shape index (κ2) is 11.1. The molecule has 35 heavy (non-hydrogen) atoms. The summed E-state index contributed by atoms with van der Waals surface area (Å²) in [6.45, 7) is 1.52. The van der Waals surface area contributed by atoms with Crippen LogP contribution in [0.1, 0.15) is 39.3 Å². The summed E-state index contributed by atoms with van der Waals surface area (Å²) < 4.78 is 0. The van der Waals surface area contributed by atoms with Gasteiger partial charge in [0.05, 0.1) is 9.80 Å². The number of thiophene rings is 1. The van der Waals surface area contributed by atoms with Crippen LogP contribution in [0.3, 0.4) is 0 Å². The maximum atomic E-state index is 12.7. The normalized spacial score (nSPS) is 13.1. The molecule has 0 atom stereocenters. The SMILES string of the molecule is O=C(NC(=S)Nc1ccc(NC(=O)c2cccs2)cc1)c1ccc(N2CCCCC2)c([N+](=O)[O-])c1. The second-order valence-corrected chi connectivity index (χ2v) is 9.28. The number of nitro groups is 1. The molecule has 0 radical (unpaired) electrons. The number of nitrogens with one attached hydrogen (secondary N) is 3. The maximum absolute atomic E-state index is 12.7. The quantitative estimate of drug-likeness (QED) is 0.243. The Morgan fingerprint density at radius 2 is 1.63 bits per heavy atom. The number of anilines is 3. The van der Waals surface area contributed by atoms with Crippen molar-refractivity contribution in [2.75, 3.05) is 28.6 Å². The lowest BCUT2D eigenvalue weighted by Gasteiger charge is -2.28. The van der Waals surface area contributed by atoms with Gasteiger partial charge in [0.1, 0.15) is 5.69 Å². The van der Waals surface area contributed by atoms with Crippen molar-refractivity contribution in [3.8, 4) is 0 Å². The monoisotopic (exact) mass is 509 g/mol. The fourth-order valence-corrected chi connectivity index (χ4v) is 4.62. The lowest BCUT2D eigenvalue weighted by atomic mass is 10.1. The fourth-order valence-electron chi connectivity index (χ4n) is 3.79. The summed E-state index contributed by atoms with van der Waals surface area (Å²) >= 11 is 6.58. The number of piperidine rings is 1. The van der Waals surface area contributed by atoms with Gasteiger partial charge >= 0.3 is 0 Å². The lowest BCUT2D eigenvalue weighted by molar-refractivity contribution is -0.384. The average Bonchev–Trinajstić information content (AvgIpc) is 3.41. The van der Waals surface area contributed by atoms with Crippen LogP contribution < -0.4 is 20.9 Å². The zero-order valence-electron chi connectivity index (χ0n) is 18.7. The van der Waals surface area contributed by atoms with Gasteiger partial charge in [0.2, 0.25) is 0 Å². The standard InChI is InChI=1S/C24H23N5O4S2/c30-22(16-6-11-19(20(15-16)29(32)33)28-12-2-1-3-13-28)27-24(34)26-18-9-7-17(8-10-18)25-23(31)21-5-4-14-35-21/h4-11,14-15H,1-3,12-13H2,(H,25,31)(H2,26,27,30,34). The van der Waals surface area contributed by atoms with Gasteiger partial charge in [0.15, 0.2) is 5.11 Å². The van der Waals surface area contributed by atoms with E-state index in [-0.39, 0.29) is 22.3 Å². The van der Waals surface area contributed by atoms with E-state index in [2.05, 4.69) is 16.0 Å². The predicted octanol–water partition coefficient (Wildman–Crippen LogP) is 5.03. The van der Waals surface area contributed by atoms with Gasteiger partial charge in [-0.15, -0.1) is 11.3 Å². The van der Waals surface area contributed by atoms with Gasteiger partial charge in [-0.1, -0.05) is 6.07 Å². The minimum Gasteiger partial charge on any atom is -0.366 e. The predicted molar refractivity (Wildman–Crippen MR) is 142 cm³/mol. The molecule has 0 spiro atoms. The molecule has 180 valence electrons. The summed E-state index contributed by atoms with van der Waals surface area (Å²) in [7, 11) is 0. The number of carbonyl (C=O) groups excluding carboxylic acids is 2. The number of hydrogen-bond donors (Lipinski definition) is 3. The minimum absolute atomic E-state index is 0.0492. The Kier molecular flexibility index (Phi) is 7.68. The number of thiocarbonyl (C=S) groups is 1. The van der Waals surface area contributed by atoms with E-state index in [9.17, 15) is 19.7 Å². The van der Waals surface area contributed by atoms with Gasteiger partial charge in [-0.3, -0.25) is 25.0 Å². The Balaban J connectivity index is 1.36. The third-order valence-corrected chi connectivity index (χ3v) is 6.58. The molecular weight excluding hydrogens is 486 g/mol. The highest BCUT2D eigenvalue weighted by atomic mass is 32.1. The summed E-state index contributed by atoms with van der Waals surface area (Å²) in [5.74, 6) is -0.737. The zero-order valence-corrected chi connectivity index (χ0v) is 20.3. The molecule has 4 rings (SSSR count). The molecule has 1 aromatic heterocycles. The highest BCUT2D eigenvalue weighted by Gasteiger charge is 2.23. The minimum atomic E-state index is -0.546. The van der Waals surface area contributed by atoms with Gasteiger partial charge in [-0.05, 0) is 79.3 Å². The lowest BCUT2D eigenvalue weighted by Crippen LogP contribution is -2.34.